The van der Waals surface area contributed by atoms with Crippen molar-refractivity contribution in [2.75, 3.05) is 26.8 Å². The number of aliphatic hydroxyl groups excluding tert-OH is 1. The molecule has 1 saturated heterocycles. The number of nitrogens with one attached hydrogen (secondary N) is 1. The van der Waals surface area contributed by atoms with E-state index in [2.05, 4.69) is 21.3 Å². The fourth-order valence-electron chi connectivity index (χ4n) is 3.41. The van der Waals surface area contributed by atoms with Crippen molar-refractivity contribution in [3.63, 3.8) is 0 Å². The molecule has 2 unspecified atom stereocenters. The number of unbranched alkanes of at least 4 members (excludes halogenated alkanes) is 1. The summed E-state index contributed by atoms with van der Waals surface area (Å²) in [5.74, 6) is 0.748. The van der Waals surface area contributed by atoms with Gasteiger partial charge in [-0.2, -0.15) is 0 Å². The minimum Gasteiger partial charge on any atom is -0.497 e. The van der Waals surface area contributed by atoms with Gasteiger partial charge in [0.05, 0.1) is 25.9 Å². The summed E-state index contributed by atoms with van der Waals surface area (Å²) < 4.78 is 11.8. The Balaban J connectivity index is 0.000000625. The van der Waals surface area contributed by atoms with Gasteiger partial charge in [-0.3, -0.25) is 4.79 Å². The second kappa shape index (κ2) is 16.0. The first-order valence-corrected chi connectivity index (χ1v) is 12.6. The second-order valence-electron chi connectivity index (χ2n) is 8.15. The third-order valence-corrected chi connectivity index (χ3v) is 6.38. The Morgan fingerprint density at radius 1 is 1.20 bits per heavy atom. The van der Waals surface area contributed by atoms with Gasteiger partial charge in [-0.05, 0) is 61.0 Å². The lowest BCUT2D eigenvalue weighted by atomic mass is 10.0. The molecule has 9 heteroatoms. The number of amides is 1. The lowest BCUT2D eigenvalue weighted by Crippen LogP contribution is -2.48. The number of rotatable bonds is 12. The lowest BCUT2D eigenvalue weighted by molar-refractivity contribution is -0.137. The minimum atomic E-state index is -1.13. The highest BCUT2D eigenvalue weighted by molar-refractivity contribution is 7.97. The highest BCUT2D eigenvalue weighted by atomic mass is 32.2. The largest absolute Gasteiger partial charge is 0.497 e. The van der Waals surface area contributed by atoms with Gasteiger partial charge in [0.25, 0.3) is 0 Å². The summed E-state index contributed by atoms with van der Waals surface area (Å²) in [5.41, 5.74) is 0.980. The van der Waals surface area contributed by atoms with Crippen LogP contribution in [0.25, 0.3) is 0 Å². The Kier molecular flexibility index (Phi) is 13.0. The summed E-state index contributed by atoms with van der Waals surface area (Å²) in [5, 5.41) is 22.5. The average molecular weight is 505 g/mol. The number of carbonyl (C=O) groups excluding carboxylic acids is 1. The predicted molar refractivity (Wildman–Crippen MR) is 137 cm³/mol. The van der Waals surface area contributed by atoms with E-state index in [9.17, 15) is 19.8 Å². The molecule has 35 heavy (non-hydrogen) atoms. The SMILES string of the molecule is CCCCN(CC(O)C(Cc1ccccc1)NC(=O)O)Sc1ccc(OC)cc1.O=C1CCCO1. The summed E-state index contributed by atoms with van der Waals surface area (Å²) >= 11 is 1.56. The molecule has 8 nitrogen and oxygen atoms in total. The van der Waals surface area contributed by atoms with Crippen molar-refractivity contribution in [1.29, 1.82) is 0 Å². The first-order chi connectivity index (χ1) is 16.9. The van der Waals surface area contributed by atoms with Crippen molar-refractivity contribution in [2.24, 2.45) is 0 Å². The van der Waals surface area contributed by atoms with Crippen LogP contribution in [0.5, 0.6) is 5.75 Å². The van der Waals surface area contributed by atoms with Crippen LogP contribution in [0.4, 0.5) is 4.79 Å². The van der Waals surface area contributed by atoms with Crippen molar-refractivity contribution in [1.82, 2.24) is 9.62 Å². The van der Waals surface area contributed by atoms with E-state index in [1.165, 1.54) is 0 Å². The number of hydrogen-bond acceptors (Lipinski definition) is 7. The summed E-state index contributed by atoms with van der Waals surface area (Å²) in [4.78, 5) is 22.3. The first-order valence-electron chi connectivity index (χ1n) is 11.8. The van der Waals surface area contributed by atoms with Crippen molar-refractivity contribution >= 4 is 24.0 Å². The van der Waals surface area contributed by atoms with E-state index in [0.717, 1.165) is 42.0 Å². The standard InChI is InChI=1S/C22H30N2O4S.C4H6O2/c1-3-4-14-24(29-19-12-10-18(28-2)11-13-19)16-21(25)20(23-22(26)27)15-17-8-6-5-7-9-17;5-4-2-1-3-6-4/h5-13,20-21,23,25H,3-4,14-16H2,1-2H3,(H,26,27);1-3H2. The Labute approximate surface area is 211 Å². The average Bonchev–Trinajstić information content (AvgIpc) is 3.34. The van der Waals surface area contributed by atoms with Crippen LogP contribution < -0.4 is 10.1 Å². The van der Waals surface area contributed by atoms with E-state index in [0.29, 0.717) is 26.0 Å². The third kappa shape index (κ3) is 11.5. The molecule has 1 fully saturated rings. The molecule has 2 aromatic carbocycles. The van der Waals surface area contributed by atoms with Crippen LogP contribution in [0, 0.1) is 0 Å². The molecule has 0 saturated carbocycles. The van der Waals surface area contributed by atoms with E-state index < -0.39 is 18.2 Å². The molecular weight excluding hydrogens is 468 g/mol. The molecule has 0 aliphatic carbocycles. The van der Waals surface area contributed by atoms with Crippen molar-refractivity contribution < 1.29 is 29.3 Å². The van der Waals surface area contributed by atoms with E-state index in [-0.39, 0.29) is 5.97 Å². The molecule has 0 bridgehead atoms. The Hall–Kier alpha value is -2.75. The molecule has 192 valence electrons. The molecular formula is C26H36N2O6S. The van der Waals surface area contributed by atoms with Crippen molar-refractivity contribution in [3.8, 4) is 5.75 Å². The van der Waals surface area contributed by atoms with Gasteiger partial charge in [0.15, 0.2) is 0 Å². The second-order valence-corrected chi connectivity index (χ2v) is 9.32. The maximum Gasteiger partial charge on any atom is 0.404 e. The fraction of sp³-hybridized carbons (Fsp3) is 0.462. The summed E-state index contributed by atoms with van der Waals surface area (Å²) in [6.07, 6.45) is 2.03. The van der Waals surface area contributed by atoms with Crippen LogP contribution in [0.2, 0.25) is 0 Å². The van der Waals surface area contributed by atoms with E-state index in [1.54, 1.807) is 19.1 Å². The maximum atomic E-state index is 11.3. The molecule has 1 aliphatic rings. The monoisotopic (exact) mass is 504 g/mol. The number of carbonyl (C=O) groups is 2. The lowest BCUT2D eigenvalue weighted by Gasteiger charge is -2.29. The van der Waals surface area contributed by atoms with Crippen LogP contribution in [-0.4, -0.2) is 65.5 Å². The number of nitrogens with zero attached hydrogens (tertiary/aromatic N) is 1. The van der Waals surface area contributed by atoms with Gasteiger partial charge in [0, 0.05) is 24.4 Å². The number of methoxy groups -OCH3 is 1. The van der Waals surface area contributed by atoms with E-state index in [4.69, 9.17) is 4.74 Å². The number of benzene rings is 2. The molecule has 3 N–H and O–H groups in total. The zero-order valence-electron chi connectivity index (χ0n) is 20.4. The van der Waals surface area contributed by atoms with Gasteiger partial charge in [-0.15, -0.1) is 0 Å². The molecule has 0 aromatic heterocycles. The zero-order valence-corrected chi connectivity index (χ0v) is 21.2. The van der Waals surface area contributed by atoms with Gasteiger partial charge in [-0.1, -0.05) is 43.7 Å². The normalized spacial score (nSPS) is 14.5. The minimum absolute atomic E-state index is 0.0463. The zero-order chi connectivity index (χ0) is 25.5. The Morgan fingerprint density at radius 2 is 1.91 bits per heavy atom. The van der Waals surface area contributed by atoms with E-state index >= 15 is 0 Å². The molecule has 0 radical (unpaired) electrons. The molecule has 1 aliphatic heterocycles. The molecule has 1 amide bonds. The van der Waals surface area contributed by atoms with Crippen LogP contribution in [0.3, 0.4) is 0 Å². The number of ether oxygens (including phenoxy) is 2. The van der Waals surface area contributed by atoms with Gasteiger partial charge < -0.3 is 25.0 Å². The predicted octanol–water partition coefficient (Wildman–Crippen LogP) is 4.37. The maximum absolute atomic E-state index is 11.3. The van der Waals surface area contributed by atoms with Crippen molar-refractivity contribution in [3.05, 3.63) is 60.2 Å². The highest BCUT2D eigenvalue weighted by Crippen LogP contribution is 2.26. The van der Waals surface area contributed by atoms with E-state index in [1.807, 2.05) is 54.6 Å². The summed E-state index contributed by atoms with van der Waals surface area (Å²) in [6.45, 7) is 3.92. The number of cyclic esters (lactones) is 1. The fourth-order valence-corrected chi connectivity index (χ4v) is 4.42. The first kappa shape index (κ1) is 28.5. The quantitative estimate of drug-likeness (QED) is 0.289. The van der Waals surface area contributed by atoms with Gasteiger partial charge in [-0.25, -0.2) is 9.10 Å². The molecule has 0 spiro atoms. The van der Waals surface area contributed by atoms with Crippen LogP contribution in [-0.2, 0) is 16.0 Å². The molecule has 2 atom stereocenters. The summed E-state index contributed by atoms with van der Waals surface area (Å²) in [7, 11) is 1.63. The third-order valence-electron chi connectivity index (χ3n) is 5.31. The number of esters is 1. The van der Waals surface area contributed by atoms with Gasteiger partial charge >= 0.3 is 12.1 Å². The van der Waals surface area contributed by atoms with Gasteiger partial charge in [0.1, 0.15) is 5.75 Å². The van der Waals surface area contributed by atoms with Crippen LogP contribution in [0.15, 0.2) is 59.5 Å². The molecule has 2 aromatic rings. The van der Waals surface area contributed by atoms with Crippen LogP contribution in [0.1, 0.15) is 38.2 Å². The Morgan fingerprint density at radius 3 is 2.43 bits per heavy atom. The summed E-state index contributed by atoms with van der Waals surface area (Å²) in [6, 6.07) is 16.8. The van der Waals surface area contributed by atoms with Gasteiger partial charge in [0.2, 0.25) is 0 Å². The number of aliphatic hydroxyl groups is 1. The Bertz CT molecular complexity index is 873. The topological polar surface area (TPSA) is 108 Å². The highest BCUT2D eigenvalue weighted by Gasteiger charge is 2.24. The van der Waals surface area contributed by atoms with Crippen molar-refractivity contribution in [2.45, 2.75) is 56.1 Å². The van der Waals surface area contributed by atoms with Crippen LogP contribution >= 0.6 is 11.9 Å². The number of hydrogen-bond donors (Lipinski definition) is 3. The molecule has 1 heterocycles. The molecule has 3 rings (SSSR count). The number of carboxylic acid groups (broad SMARTS) is 1. The smallest absolute Gasteiger partial charge is 0.404 e.